The number of piperazine rings is 1. The van der Waals surface area contributed by atoms with Gasteiger partial charge < -0.3 is 29.2 Å². The molecule has 0 spiro atoms. The second-order valence-electron chi connectivity index (χ2n) is 14.4. The topological polar surface area (TPSA) is 89.6 Å². The number of rotatable bonds is 13. The van der Waals surface area contributed by atoms with Crippen molar-refractivity contribution in [1.29, 1.82) is 0 Å². The van der Waals surface area contributed by atoms with Gasteiger partial charge in [0.1, 0.15) is 11.5 Å². The molecule has 9 nitrogen and oxygen atoms in total. The predicted octanol–water partition coefficient (Wildman–Crippen LogP) is 8.41. The molecular weight excluding hydrogens is 782 g/mol. The average molecular weight is 825 g/mol. The fourth-order valence-corrected chi connectivity index (χ4v) is 7.09. The molecule has 2 atom stereocenters. The lowest BCUT2D eigenvalue weighted by Gasteiger charge is -2.48. The van der Waals surface area contributed by atoms with Crippen LogP contribution in [0.5, 0.6) is 17.2 Å². The lowest BCUT2D eigenvalue weighted by molar-refractivity contribution is -0.129. The SMILES string of the molecule is COc1cc(CN(C(=O)C2=C(c3ccc(CCCOc4c(F)ccc(F)c4F)cc3)CC3CNCC2N3C(=O)OC(C)(C)C(Cl)(Cl)Cl)C2CC2)cc(OC)c1. The number of hydrogen-bond acceptors (Lipinski definition) is 7. The van der Waals surface area contributed by atoms with Crippen LogP contribution in [0.3, 0.4) is 0 Å². The highest BCUT2D eigenvalue weighted by Gasteiger charge is 2.50. The van der Waals surface area contributed by atoms with Gasteiger partial charge in [-0.2, -0.15) is 4.39 Å². The minimum Gasteiger partial charge on any atom is -0.497 e. The van der Waals surface area contributed by atoms with Crippen molar-refractivity contribution in [3.05, 3.63) is 94.3 Å². The molecule has 15 heteroatoms. The van der Waals surface area contributed by atoms with Crippen molar-refractivity contribution < 1.29 is 41.7 Å². The van der Waals surface area contributed by atoms with E-state index in [0.29, 0.717) is 55.5 Å². The van der Waals surface area contributed by atoms with Gasteiger partial charge in [-0.3, -0.25) is 9.69 Å². The Kier molecular flexibility index (Phi) is 12.4. The van der Waals surface area contributed by atoms with E-state index in [9.17, 15) is 18.0 Å². The molecule has 0 radical (unpaired) electrons. The molecule has 2 bridgehead atoms. The van der Waals surface area contributed by atoms with Crippen LogP contribution in [0.4, 0.5) is 18.0 Å². The Balaban J connectivity index is 1.31. The average Bonchev–Trinajstić information content (AvgIpc) is 3.99. The number of fused-ring (bicyclic) bond motifs is 2. The number of hydrogen-bond donors (Lipinski definition) is 1. The van der Waals surface area contributed by atoms with Crippen LogP contribution in [0, 0.1) is 17.5 Å². The smallest absolute Gasteiger partial charge is 0.411 e. The zero-order valence-corrected chi connectivity index (χ0v) is 33.2. The monoisotopic (exact) mass is 823 g/mol. The number of alkyl halides is 3. The van der Waals surface area contributed by atoms with Gasteiger partial charge in [0.2, 0.25) is 9.61 Å². The van der Waals surface area contributed by atoms with E-state index in [1.807, 2.05) is 41.3 Å². The summed E-state index contributed by atoms with van der Waals surface area (Å²) in [5.41, 5.74) is 2.37. The lowest BCUT2D eigenvalue weighted by atomic mass is 9.81. The first-order valence-electron chi connectivity index (χ1n) is 18.0. The Morgan fingerprint density at radius 2 is 1.56 bits per heavy atom. The molecule has 2 amide bonds. The van der Waals surface area contributed by atoms with Crippen LogP contribution >= 0.6 is 34.8 Å². The molecule has 3 aliphatic rings. The third-order valence-corrected chi connectivity index (χ3v) is 11.5. The standard InChI is InChI=1S/C40H43Cl3F3N3O6/c1-39(2,40(41,42)43)55-38(51)49-27-18-30(25-9-7-23(8-10-25)6-5-15-54-36-32(45)14-13-31(44)35(36)46)34(33(49)21-47-20-27)37(50)48(26-11-12-26)22-24-16-28(52-3)19-29(17-24)53-4/h7-10,13-14,16-17,19,26-27,33,47H,5-6,11-12,15,18,20-22H2,1-4H3. The Hall–Kier alpha value is -3.84. The number of aryl methyl sites for hydroxylation is 1. The zero-order chi connectivity index (χ0) is 39.7. The first kappa shape index (κ1) is 40.8. The first-order chi connectivity index (χ1) is 26.1. The third kappa shape index (κ3) is 9.09. The Labute approximate surface area is 333 Å². The Morgan fingerprint density at radius 3 is 2.18 bits per heavy atom. The van der Waals surface area contributed by atoms with Crippen LogP contribution < -0.4 is 19.5 Å². The van der Waals surface area contributed by atoms with Crippen LogP contribution in [-0.2, 0) is 22.5 Å². The van der Waals surface area contributed by atoms with Crippen LogP contribution in [0.2, 0.25) is 0 Å². The lowest BCUT2D eigenvalue weighted by Crippen LogP contribution is -2.64. The van der Waals surface area contributed by atoms with E-state index in [1.165, 1.54) is 13.8 Å². The molecule has 2 heterocycles. The van der Waals surface area contributed by atoms with E-state index < -0.39 is 44.7 Å². The molecule has 6 rings (SSSR count). The van der Waals surface area contributed by atoms with E-state index in [2.05, 4.69) is 5.32 Å². The maximum atomic E-state index is 15.1. The van der Waals surface area contributed by atoms with Gasteiger partial charge in [-0.15, -0.1) is 0 Å². The van der Waals surface area contributed by atoms with Crippen molar-refractivity contribution in [2.24, 2.45) is 0 Å². The summed E-state index contributed by atoms with van der Waals surface area (Å²) in [5.74, 6) is -3.27. The summed E-state index contributed by atoms with van der Waals surface area (Å²) in [6, 6.07) is 13.7. The molecule has 0 aromatic heterocycles. The van der Waals surface area contributed by atoms with Crippen molar-refractivity contribution in [3.63, 3.8) is 0 Å². The van der Waals surface area contributed by atoms with Gasteiger partial charge in [-0.05, 0) is 92.5 Å². The van der Waals surface area contributed by atoms with Gasteiger partial charge in [0, 0.05) is 37.3 Å². The first-order valence-corrected chi connectivity index (χ1v) is 19.2. The molecule has 55 heavy (non-hydrogen) atoms. The fraction of sp³-hybridized carbons (Fsp3) is 0.450. The van der Waals surface area contributed by atoms with Crippen molar-refractivity contribution in [2.75, 3.05) is 33.9 Å². The van der Waals surface area contributed by atoms with E-state index in [0.717, 1.165) is 41.2 Å². The van der Waals surface area contributed by atoms with Gasteiger partial charge in [-0.1, -0.05) is 59.1 Å². The molecule has 1 saturated carbocycles. The highest BCUT2D eigenvalue weighted by molar-refractivity contribution is 6.68. The molecule has 2 fully saturated rings. The second kappa shape index (κ2) is 16.7. The van der Waals surface area contributed by atoms with Gasteiger partial charge in [0.15, 0.2) is 23.0 Å². The summed E-state index contributed by atoms with van der Waals surface area (Å²) in [7, 11) is 3.14. The summed E-state index contributed by atoms with van der Waals surface area (Å²) in [5, 5.41) is 3.40. The second-order valence-corrected chi connectivity index (χ2v) is 16.7. The van der Waals surface area contributed by atoms with Crippen molar-refractivity contribution in [3.8, 4) is 17.2 Å². The maximum absolute atomic E-state index is 15.1. The molecule has 3 aromatic rings. The maximum Gasteiger partial charge on any atom is 0.411 e. The summed E-state index contributed by atoms with van der Waals surface area (Å²) >= 11 is 18.6. The highest BCUT2D eigenvalue weighted by Crippen LogP contribution is 2.44. The van der Waals surface area contributed by atoms with Gasteiger partial charge in [0.05, 0.1) is 32.9 Å². The molecule has 3 aromatic carbocycles. The largest absolute Gasteiger partial charge is 0.497 e. The number of amides is 2. The van der Waals surface area contributed by atoms with Gasteiger partial charge >= 0.3 is 6.09 Å². The number of carbonyl (C=O) groups is 2. The summed E-state index contributed by atoms with van der Waals surface area (Å²) < 4.78 is 61.8. The van der Waals surface area contributed by atoms with Crippen molar-refractivity contribution in [2.45, 2.75) is 80.0 Å². The van der Waals surface area contributed by atoms with Crippen LogP contribution in [0.25, 0.3) is 5.57 Å². The normalized spacial score (nSPS) is 18.5. The minimum atomic E-state index is -1.91. The van der Waals surface area contributed by atoms with Crippen LogP contribution in [-0.4, -0.2) is 83.2 Å². The van der Waals surface area contributed by atoms with Crippen LogP contribution in [0.1, 0.15) is 56.2 Å². The fourth-order valence-electron chi connectivity index (χ4n) is 6.97. The number of ether oxygens (including phenoxy) is 4. The molecule has 1 saturated heterocycles. The van der Waals surface area contributed by atoms with E-state index in [1.54, 1.807) is 25.2 Å². The highest BCUT2D eigenvalue weighted by atomic mass is 35.6. The summed E-state index contributed by atoms with van der Waals surface area (Å²) in [4.78, 5) is 32.5. The number of nitrogens with one attached hydrogen (secondary N) is 1. The number of nitrogens with zero attached hydrogens (tertiary/aromatic N) is 2. The number of methoxy groups -OCH3 is 2. The van der Waals surface area contributed by atoms with E-state index in [-0.39, 0.29) is 31.1 Å². The summed E-state index contributed by atoms with van der Waals surface area (Å²) in [6.45, 7) is 4.03. The van der Waals surface area contributed by atoms with Crippen molar-refractivity contribution in [1.82, 2.24) is 15.1 Å². The van der Waals surface area contributed by atoms with Gasteiger partial charge in [0.25, 0.3) is 5.91 Å². The Bertz CT molecular complexity index is 1910. The summed E-state index contributed by atoms with van der Waals surface area (Å²) in [6.07, 6.45) is 2.24. The number of carbonyl (C=O) groups excluding carboxylic acids is 2. The van der Waals surface area contributed by atoms with Crippen LogP contribution in [0.15, 0.2) is 60.2 Å². The third-order valence-electron chi connectivity index (χ3n) is 10.2. The minimum absolute atomic E-state index is 0.00432. The zero-order valence-electron chi connectivity index (χ0n) is 30.9. The quantitative estimate of drug-likeness (QED) is 0.105. The predicted molar refractivity (Wildman–Crippen MR) is 204 cm³/mol. The number of benzene rings is 3. The number of halogens is 6. The molecular formula is C40H43Cl3F3N3O6. The molecule has 296 valence electrons. The van der Waals surface area contributed by atoms with Gasteiger partial charge in [-0.25, -0.2) is 13.6 Å². The van der Waals surface area contributed by atoms with E-state index >= 15 is 4.79 Å². The Morgan fingerprint density at radius 1 is 0.909 bits per heavy atom. The molecule has 1 N–H and O–H groups in total. The molecule has 2 unspecified atom stereocenters. The van der Waals surface area contributed by atoms with Crippen molar-refractivity contribution >= 4 is 52.4 Å². The molecule has 2 aliphatic heterocycles. The molecule has 1 aliphatic carbocycles. The van der Waals surface area contributed by atoms with E-state index in [4.69, 9.17) is 53.8 Å².